The second-order valence-electron chi connectivity index (χ2n) is 8.54. The average Bonchev–Trinajstić information content (AvgIpc) is 3.39. The number of rotatable bonds is 4. The van der Waals surface area contributed by atoms with Gasteiger partial charge in [-0.2, -0.15) is 0 Å². The highest BCUT2D eigenvalue weighted by Gasteiger charge is 2.38. The molecule has 0 unspecified atom stereocenters. The summed E-state index contributed by atoms with van der Waals surface area (Å²) in [6, 6.07) is 3.14. The van der Waals surface area contributed by atoms with E-state index in [0.717, 1.165) is 37.6 Å². The normalized spacial score (nSPS) is 19.0. The van der Waals surface area contributed by atoms with Gasteiger partial charge in [0.15, 0.2) is 0 Å². The number of anilines is 2. The standard InChI is InChI=1S/C19H31N5O/c1-19(2,3)18(25)23-10-8-15(9-11-23)24(14-6-7-14)17-12-16(22(4)5)20-13-21-17/h12-15H,6-11H2,1-5H3. The van der Waals surface area contributed by atoms with Crippen LogP contribution < -0.4 is 9.80 Å². The Kier molecular flexibility index (Phi) is 4.89. The number of hydrogen-bond acceptors (Lipinski definition) is 5. The zero-order valence-electron chi connectivity index (χ0n) is 16.2. The van der Waals surface area contributed by atoms with Gasteiger partial charge in [0.25, 0.3) is 0 Å². The molecule has 0 spiro atoms. The van der Waals surface area contributed by atoms with Crippen molar-refractivity contribution in [1.29, 1.82) is 0 Å². The van der Waals surface area contributed by atoms with Crippen LogP contribution in [0.15, 0.2) is 12.4 Å². The molecule has 1 aromatic rings. The molecule has 0 N–H and O–H groups in total. The van der Waals surface area contributed by atoms with Gasteiger partial charge < -0.3 is 14.7 Å². The third-order valence-corrected chi connectivity index (χ3v) is 5.09. The van der Waals surface area contributed by atoms with Crippen LogP contribution in [0.3, 0.4) is 0 Å². The highest BCUT2D eigenvalue weighted by Crippen LogP contribution is 2.36. The molecule has 0 bridgehead atoms. The van der Waals surface area contributed by atoms with E-state index in [1.807, 2.05) is 44.7 Å². The molecule has 6 nitrogen and oxygen atoms in total. The lowest BCUT2D eigenvalue weighted by molar-refractivity contribution is -0.140. The largest absolute Gasteiger partial charge is 0.363 e. The van der Waals surface area contributed by atoms with E-state index < -0.39 is 0 Å². The van der Waals surface area contributed by atoms with Gasteiger partial charge in [0, 0.05) is 50.7 Å². The van der Waals surface area contributed by atoms with E-state index in [2.05, 4.69) is 20.9 Å². The van der Waals surface area contributed by atoms with Crippen LogP contribution in [0.4, 0.5) is 11.6 Å². The lowest BCUT2D eigenvalue weighted by atomic mass is 9.92. The first-order valence-electron chi connectivity index (χ1n) is 9.34. The maximum absolute atomic E-state index is 12.5. The summed E-state index contributed by atoms with van der Waals surface area (Å²) >= 11 is 0. The number of nitrogens with zero attached hydrogens (tertiary/aromatic N) is 5. The predicted octanol–water partition coefficient (Wildman–Crippen LogP) is 2.55. The Labute approximate surface area is 151 Å². The Morgan fingerprint density at radius 2 is 1.60 bits per heavy atom. The number of aromatic nitrogens is 2. The minimum Gasteiger partial charge on any atom is -0.363 e. The molecule has 25 heavy (non-hydrogen) atoms. The van der Waals surface area contributed by atoms with E-state index in [1.165, 1.54) is 12.8 Å². The monoisotopic (exact) mass is 345 g/mol. The summed E-state index contributed by atoms with van der Waals surface area (Å²) in [4.78, 5) is 28.0. The van der Waals surface area contributed by atoms with E-state index in [1.54, 1.807) is 6.33 Å². The van der Waals surface area contributed by atoms with E-state index in [4.69, 9.17) is 0 Å². The zero-order valence-corrected chi connectivity index (χ0v) is 16.2. The van der Waals surface area contributed by atoms with Crippen LogP contribution in [-0.2, 0) is 4.79 Å². The molecule has 0 radical (unpaired) electrons. The Bertz CT molecular complexity index is 612. The fourth-order valence-corrected chi connectivity index (χ4v) is 3.57. The summed E-state index contributed by atoms with van der Waals surface area (Å²) in [6.45, 7) is 7.69. The zero-order chi connectivity index (χ0) is 18.2. The van der Waals surface area contributed by atoms with Gasteiger partial charge in [0.05, 0.1) is 0 Å². The Morgan fingerprint density at radius 1 is 1.04 bits per heavy atom. The molecule has 1 aliphatic carbocycles. The first kappa shape index (κ1) is 18.0. The number of carbonyl (C=O) groups is 1. The van der Waals surface area contributed by atoms with Crippen molar-refractivity contribution in [2.75, 3.05) is 37.0 Å². The van der Waals surface area contributed by atoms with Gasteiger partial charge in [-0.05, 0) is 25.7 Å². The molecule has 2 fully saturated rings. The summed E-state index contributed by atoms with van der Waals surface area (Å²) in [7, 11) is 4.01. The van der Waals surface area contributed by atoms with Crippen molar-refractivity contribution in [1.82, 2.24) is 14.9 Å². The minimum absolute atomic E-state index is 0.265. The molecule has 2 aliphatic rings. The number of amides is 1. The highest BCUT2D eigenvalue weighted by molar-refractivity contribution is 5.81. The smallest absolute Gasteiger partial charge is 0.227 e. The van der Waals surface area contributed by atoms with Crippen LogP contribution >= 0.6 is 0 Å². The van der Waals surface area contributed by atoms with Crippen molar-refractivity contribution < 1.29 is 4.79 Å². The third-order valence-electron chi connectivity index (χ3n) is 5.09. The van der Waals surface area contributed by atoms with Gasteiger partial charge in [-0.3, -0.25) is 4.79 Å². The van der Waals surface area contributed by atoms with Crippen LogP contribution in [-0.4, -0.2) is 60.0 Å². The molecular formula is C19H31N5O. The van der Waals surface area contributed by atoms with Crippen LogP contribution in [0.2, 0.25) is 0 Å². The second-order valence-corrected chi connectivity index (χ2v) is 8.54. The molecule has 1 aromatic heterocycles. The van der Waals surface area contributed by atoms with Gasteiger partial charge in [-0.15, -0.1) is 0 Å². The lowest BCUT2D eigenvalue weighted by Gasteiger charge is -2.41. The summed E-state index contributed by atoms with van der Waals surface area (Å²) in [6.07, 6.45) is 6.17. The van der Waals surface area contributed by atoms with Crippen LogP contribution in [0, 0.1) is 5.41 Å². The minimum atomic E-state index is -0.295. The third kappa shape index (κ3) is 4.05. The van der Waals surface area contributed by atoms with Gasteiger partial charge >= 0.3 is 0 Å². The Morgan fingerprint density at radius 3 is 2.12 bits per heavy atom. The maximum atomic E-state index is 12.5. The van der Waals surface area contributed by atoms with Crippen molar-refractivity contribution in [3.8, 4) is 0 Å². The first-order valence-corrected chi connectivity index (χ1v) is 9.34. The molecule has 0 atom stereocenters. The maximum Gasteiger partial charge on any atom is 0.227 e. The lowest BCUT2D eigenvalue weighted by Crippen LogP contribution is -2.50. The van der Waals surface area contributed by atoms with E-state index in [0.29, 0.717) is 12.1 Å². The molecule has 3 rings (SSSR count). The van der Waals surface area contributed by atoms with Gasteiger partial charge in [-0.25, -0.2) is 9.97 Å². The number of hydrogen-bond donors (Lipinski definition) is 0. The van der Waals surface area contributed by atoms with Crippen molar-refractivity contribution >= 4 is 17.5 Å². The molecule has 1 saturated carbocycles. The second kappa shape index (κ2) is 6.81. The summed E-state index contributed by atoms with van der Waals surface area (Å²) in [5.74, 6) is 2.23. The van der Waals surface area contributed by atoms with Crippen LogP contribution in [0.1, 0.15) is 46.5 Å². The molecule has 1 amide bonds. The predicted molar refractivity (Wildman–Crippen MR) is 101 cm³/mol. The van der Waals surface area contributed by atoms with Crippen molar-refractivity contribution in [3.63, 3.8) is 0 Å². The number of carbonyl (C=O) groups excluding carboxylic acids is 1. The number of likely N-dealkylation sites (tertiary alicyclic amines) is 1. The first-order chi connectivity index (χ1) is 11.8. The van der Waals surface area contributed by atoms with E-state index in [-0.39, 0.29) is 11.3 Å². The summed E-state index contributed by atoms with van der Waals surface area (Å²) in [5.41, 5.74) is -0.295. The quantitative estimate of drug-likeness (QED) is 0.839. The van der Waals surface area contributed by atoms with Gasteiger partial charge in [0.2, 0.25) is 5.91 Å². The Hall–Kier alpha value is -1.85. The number of piperidine rings is 1. The van der Waals surface area contributed by atoms with Gasteiger partial charge in [0.1, 0.15) is 18.0 Å². The molecule has 138 valence electrons. The highest BCUT2D eigenvalue weighted by atomic mass is 16.2. The topological polar surface area (TPSA) is 52.6 Å². The van der Waals surface area contributed by atoms with Crippen molar-refractivity contribution in [2.24, 2.45) is 5.41 Å². The van der Waals surface area contributed by atoms with E-state index >= 15 is 0 Å². The SMILES string of the molecule is CN(C)c1cc(N(C2CC2)C2CCN(C(=O)C(C)(C)C)CC2)ncn1. The molecule has 6 heteroatoms. The Balaban J connectivity index is 1.71. The average molecular weight is 345 g/mol. The fraction of sp³-hybridized carbons (Fsp3) is 0.737. The van der Waals surface area contributed by atoms with Gasteiger partial charge in [-0.1, -0.05) is 20.8 Å². The molecule has 0 aromatic carbocycles. The van der Waals surface area contributed by atoms with Crippen molar-refractivity contribution in [3.05, 3.63) is 12.4 Å². The molecular weight excluding hydrogens is 314 g/mol. The molecule has 1 aliphatic heterocycles. The summed E-state index contributed by atoms with van der Waals surface area (Å²) < 4.78 is 0. The van der Waals surface area contributed by atoms with Crippen molar-refractivity contribution in [2.45, 2.75) is 58.5 Å². The fourth-order valence-electron chi connectivity index (χ4n) is 3.57. The van der Waals surface area contributed by atoms with Crippen LogP contribution in [0.5, 0.6) is 0 Å². The van der Waals surface area contributed by atoms with E-state index in [9.17, 15) is 4.79 Å². The molecule has 1 saturated heterocycles. The van der Waals surface area contributed by atoms with Crippen LogP contribution in [0.25, 0.3) is 0 Å². The summed E-state index contributed by atoms with van der Waals surface area (Å²) in [5, 5.41) is 0. The molecule has 2 heterocycles.